The van der Waals surface area contributed by atoms with Gasteiger partial charge in [0.2, 0.25) is 0 Å². The molecule has 3 heteroatoms. The molecule has 1 aromatic carbocycles. The predicted molar refractivity (Wildman–Crippen MR) is 48.3 cm³/mol. The summed E-state index contributed by atoms with van der Waals surface area (Å²) < 4.78 is 14.9. The first-order valence-corrected chi connectivity index (χ1v) is 4.02. The van der Waals surface area contributed by atoms with Gasteiger partial charge in [-0.15, -0.1) is 0 Å². The van der Waals surface area contributed by atoms with Crippen molar-refractivity contribution in [1.29, 1.82) is 0 Å². The van der Waals surface area contributed by atoms with E-state index in [-0.39, 0.29) is 5.82 Å². The summed E-state index contributed by atoms with van der Waals surface area (Å²) in [5.74, 6) is -0.189. The zero-order valence-electron chi connectivity index (χ0n) is 7.24. The monoisotopic (exact) mass is 176 g/mol. The Balaban J connectivity index is 2.49. The van der Waals surface area contributed by atoms with Gasteiger partial charge < -0.3 is 4.57 Å². The molecule has 0 spiro atoms. The van der Waals surface area contributed by atoms with Gasteiger partial charge in [-0.25, -0.2) is 9.37 Å². The number of imidazole rings is 1. The number of nitrogens with zero attached hydrogens (tertiary/aromatic N) is 2. The van der Waals surface area contributed by atoms with Crippen molar-refractivity contribution in [2.75, 3.05) is 0 Å². The van der Waals surface area contributed by atoms with Crippen LogP contribution in [0.25, 0.3) is 5.69 Å². The Kier molecular flexibility index (Phi) is 1.85. The van der Waals surface area contributed by atoms with Crippen LogP contribution in [-0.4, -0.2) is 9.55 Å². The Morgan fingerprint density at radius 3 is 2.85 bits per heavy atom. The first kappa shape index (κ1) is 7.98. The maximum absolute atomic E-state index is 13.1. The van der Waals surface area contributed by atoms with Gasteiger partial charge in [-0.1, -0.05) is 6.07 Å². The Hall–Kier alpha value is -1.64. The van der Waals surface area contributed by atoms with Crippen LogP contribution in [-0.2, 0) is 0 Å². The van der Waals surface area contributed by atoms with Crippen molar-refractivity contribution in [3.8, 4) is 5.69 Å². The maximum atomic E-state index is 13.1. The van der Waals surface area contributed by atoms with Gasteiger partial charge in [-0.05, 0) is 24.6 Å². The summed E-state index contributed by atoms with van der Waals surface area (Å²) in [6.07, 6.45) is 5.09. The molecule has 0 N–H and O–H groups in total. The molecule has 0 saturated heterocycles. The number of benzene rings is 1. The first-order valence-electron chi connectivity index (χ1n) is 4.02. The smallest absolute Gasteiger partial charge is 0.128 e. The van der Waals surface area contributed by atoms with Crippen LogP contribution < -0.4 is 0 Å². The minimum absolute atomic E-state index is 0.189. The van der Waals surface area contributed by atoms with Crippen LogP contribution in [0.4, 0.5) is 4.39 Å². The van der Waals surface area contributed by atoms with Gasteiger partial charge in [0.05, 0.1) is 6.33 Å². The van der Waals surface area contributed by atoms with Gasteiger partial charge in [-0.3, -0.25) is 0 Å². The second-order valence-corrected chi connectivity index (χ2v) is 2.90. The Morgan fingerprint density at radius 1 is 1.38 bits per heavy atom. The lowest BCUT2D eigenvalue weighted by Gasteiger charge is -2.02. The van der Waals surface area contributed by atoms with Crippen LogP contribution >= 0.6 is 0 Å². The fraction of sp³-hybridized carbons (Fsp3) is 0.100. The summed E-state index contributed by atoms with van der Waals surface area (Å²) in [7, 11) is 0. The van der Waals surface area contributed by atoms with Crippen molar-refractivity contribution in [3.63, 3.8) is 0 Å². The van der Waals surface area contributed by atoms with E-state index in [0.717, 1.165) is 5.69 Å². The molecule has 1 heterocycles. The van der Waals surface area contributed by atoms with Crippen LogP contribution in [0.3, 0.4) is 0 Å². The molecular formula is C10H9FN2. The van der Waals surface area contributed by atoms with Gasteiger partial charge in [0, 0.05) is 18.1 Å². The van der Waals surface area contributed by atoms with E-state index < -0.39 is 0 Å². The van der Waals surface area contributed by atoms with Gasteiger partial charge in [0.1, 0.15) is 5.82 Å². The summed E-state index contributed by atoms with van der Waals surface area (Å²) in [5.41, 5.74) is 1.45. The molecule has 0 aliphatic carbocycles. The van der Waals surface area contributed by atoms with Crippen LogP contribution in [0, 0.1) is 12.7 Å². The van der Waals surface area contributed by atoms with E-state index in [0.29, 0.717) is 5.56 Å². The van der Waals surface area contributed by atoms with Gasteiger partial charge >= 0.3 is 0 Å². The topological polar surface area (TPSA) is 17.8 Å². The molecule has 0 atom stereocenters. The van der Waals surface area contributed by atoms with E-state index in [1.54, 1.807) is 36.3 Å². The van der Waals surface area contributed by atoms with Crippen LogP contribution in [0.1, 0.15) is 5.56 Å². The van der Waals surface area contributed by atoms with Gasteiger partial charge in [-0.2, -0.15) is 0 Å². The van der Waals surface area contributed by atoms with Crippen molar-refractivity contribution < 1.29 is 4.39 Å². The molecule has 66 valence electrons. The number of rotatable bonds is 1. The van der Waals surface area contributed by atoms with E-state index in [4.69, 9.17) is 0 Å². The minimum atomic E-state index is -0.189. The average Bonchev–Trinajstić information content (AvgIpc) is 2.62. The molecule has 1 aromatic heterocycles. The fourth-order valence-corrected chi connectivity index (χ4v) is 1.15. The summed E-state index contributed by atoms with van der Waals surface area (Å²) in [6.45, 7) is 1.74. The van der Waals surface area contributed by atoms with Crippen LogP contribution in [0.2, 0.25) is 0 Å². The second kappa shape index (κ2) is 3.01. The predicted octanol–water partition coefficient (Wildman–Crippen LogP) is 2.32. The number of halogens is 1. The van der Waals surface area contributed by atoms with Gasteiger partial charge in [0.25, 0.3) is 0 Å². The molecule has 2 aromatic rings. The second-order valence-electron chi connectivity index (χ2n) is 2.90. The highest BCUT2D eigenvalue weighted by atomic mass is 19.1. The summed E-state index contributed by atoms with van der Waals surface area (Å²) in [5, 5.41) is 0. The SMILES string of the molecule is Cc1ccc(-n2ccnc2)cc1F. The van der Waals surface area contributed by atoms with Gasteiger partial charge in [0.15, 0.2) is 0 Å². The fourth-order valence-electron chi connectivity index (χ4n) is 1.15. The number of aryl methyl sites for hydroxylation is 1. The summed E-state index contributed by atoms with van der Waals surface area (Å²) in [6, 6.07) is 5.11. The highest BCUT2D eigenvalue weighted by Gasteiger charge is 1.99. The Bertz CT molecular complexity index is 407. The number of hydrogen-bond acceptors (Lipinski definition) is 1. The highest BCUT2D eigenvalue weighted by molar-refractivity contribution is 5.35. The quantitative estimate of drug-likeness (QED) is 0.652. The first-order chi connectivity index (χ1) is 6.27. The zero-order valence-corrected chi connectivity index (χ0v) is 7.24. The van der Waals surface area contributed by atoms with Crippen molar-refractivity contribution in [2.45, 2.75) is 6.92 Å². The zero-order chi connectivity index (χ0) is 9.26. The summed E-state index contributed by atoms with van der Waals surface area (Å²) >= 11 is 0. The van der Waals surface area contributed by atoms with E-state index >= 15 is 0 Å². The van der Waals surface area contributed by atoms with Crippen molar-refractivity contribution >= 4 is 0 Å². The molecular weight excluding hydrogens is 167 g/mol. The Labute approximate surface area is 75.7 Å². The Morgan fingerprint density at radius 2 is 2.23 bits per heavy atom. The molecule has 0 bridgehead atoms. The van der Waals surface area contributed by atoms with E-state index in [1.165, 1.54) is 6.07 Å². The lowest BCUT2D eigenvalue weighted by atomic mass is 10.2. The molecule has 2 nitrogen and oxygen atoms in total. The third-order valence-corrected chi connectivity index (χ3v) is 1.96. The largest absolute Gasteiger partial charge is 0.306 e. The van der Waals surface area contributed by atoms with E-state index in [9.17, 15) is 4.39 Å². The molecule has 0 fully saturated rings. The molecule has 2 rings (SSSR count). The third-order valence-electron chi connectivity index (χ3n) is 1.96. The van der Waals surface area contributed by atoms with E-state index in [1.807, 2.05) is 6.07 Å². The normalized spacial score (nSPS) is 10.3. The summed E-state index contributed by atoms with van der Waals surface area (Å²) in [4.78, 5) is 3.89. The van der Waals surface area contributed by atoms with Crippen molar-refractivity contribution in [1.82, 2.24) is 9.55 Å². The molecule has 0 saturated carbocycles. The number of aromatic nitrogens is 2. The third kappa shape index (κ3) is 1.45. The lowest BCUT2D eigenvalue weighted by molar-refractivity contribution is 0.617. The van der Waals surface area contributed by atoms with Crippen molar-refractivity contribution in [2.24, 2.45) is 0 Å². The van der Waals surface area contributed by atoms with Crippen LogP contribution in [0.5, 0.6) is 0 Å². The average molecular weight is 176 g/mol. The maximum Gasteiger partial charge on any atom is 0.128 e. The number of hydrogen-bond donors (Lipinski definition) is 0. The molecule has 0 amide bonds. The molecule has 13 heavy (non-hydrogen) atoms. The lowest BCUT2D eigenvalue weighted by Crippen LogP contribution is -1.92. The van der Waals surface area contributed by atoms with Crippen molar-refractivity contribution in [3.05, 3.63) is 48.3 Å². The molecule has 0 radical (unpaired) electrons. The molecule has 0 aliphatic heterocycles. The standard InChI is InChI=1S/C10H9FN2/c1-8-2-3-9(6-10(8)11)13-5-4-12-7-13/h2-7H,1H3. The molecule has 0 unspecified atom stereocenters. The highest BCUT2D eigenvalue weighted by Crippen LogP contribution is 2.12. The van der Waals surface area contributed by atoms with E-state index in [2.05, 4.69) is 4.98 Å². The minimum Gasteiger partial charge on any atom is -0.306 e. The van der Waals surface area contributed by atoms with Crippen LogP contribution in [0.15, 0.2) is 36.9 Å². The molecule has 0 aliphatic rings.